The van der Waals surface area contributed by atoms with E-state index in [1.165, 1.54) is 6.07 Å². The molecule has 3 nitrogen and oxygen atoms in total. The molecule has 0 spiro atoms. The van der Waals surface area contributed by atoms with E-state index in [1.807, 2.05) is 13.8 Å². The summed E-state index contributed by atoms with van der Waals surface area (Å²) in [5.41, 5.74) is 0.743. The van der Waals surface area contributed by atoms with Gasteiger partial charge in [-0.15, -0.1) is 0 Å². The molecule has 0 saturated heterocycles. The highest BCUT2D eigenvalue weighted by Crippen LogP contribution is 2.16. The molecular formula is C12H14ClNO2. The van der Waals surface area contributed by atoms with Crippen LogP contribution in [0.4, 0.5) is 0 Å². The molecule has 0 heterocycles. The molecule has 0 unspecified atom stereocenters. The number of rotatable bonds is 4. The molecule has 4 heteroatoms. The number of hydrogen-bond acceptors (Lipinski definition) is 2. The zero-order chi connectivity index (χ0) is 12.1. The number of carbonyl (C=O) groups is 2. The normalized spacial score (nSPS) is 9.94. The van der Waals surface area contributed by atoms with E-state index in [2.05, 4.69) is 0 Å². The summed E-state index contributed by atoms with van der Waals surface area (Å²) in [5.74, 6) is -0.135. The second-order valence-corrected chi connectivity index (χ2v) is 3.76. The Morgan fingerprint density at radius 1 is 1.38 bits per heavy atom. The summed E-state index contributed by atoms with van der Waals surface area (Å²) in [6.45, 7) is 5.04. The van der Waals surface area contributed by atoms with Crippen molar-refractivity contribution in [3.8, 4) is 0 Å². The summed E-state index contributed by atoms with van der Waals surface area (Å²) >= 11 is 5.76. The molecule has 86 valence electrons. The number of aldehydes is 1. The third-order valence-electron chi connectivity index (χ3n) is 2.42. The van der Waals surface area contributed by atoms with Gasteiger partial charge in [-0.1, -0.05) is 11.6 Å². The van der Waals surface area contributed by atoms with E-state index >= 15 is 0 Å². The molecule has 0 N–H and O–H groups in total. The van der Waals surface area contributed by atoms with Crippen LogP contribution >= 0.6 is 11.6 Å². The van der Waals surface area contributed by atoms with E-state index in [1.54, 1.807) is 17.0 Å². The Morgan fingerprint density at radius 3 is 2.50 bits per heavy atom. The van der Waals surface area contributed by atoms with Crippen LogP contribution in [0.5, 0.6) is 0 Å². The van der Waals surface area contributed by atoms with Gasteiger partial charge in [0.05, 0.1) is 5.56 Å². The van der Waals surface area contributed by atoms with E-state index in [0.29, 0.717) is 35.5 Å². The molecule has 16 heavy (non-hydrogen) atoms. The minimum Gasteiger partial charge on any atom is -0.339 e. The summed E-state index contributed by atoms with van der Waals surface area (Å²) < 4.78 is 0. The Balaban J connectivity index is 3.12. The monoisotopic (exact) mass is 239 g/mol. The van der Waals surface area contributed by atoms with E-state index < -0.39 is 0 Å². The quantitative estimate of drug-likeness (QED) is 0.758. The van der Waals surface area contributed by atoms with Crippen LogP contribution in [0, 0.1) is 0 Å². The summed E-state index contributed by atoms with van der Waals surface area (Å²) in [4.78, 5) is 24.5. The minimum atomic E-state index is -0.135. The Bertz CT molecular complexity index is 400. The van der Waals surface area contributed by atoms with E-state index in [4.69, 9.17) is 11.6 Å². The largest absolute Gasteiger partial charge is 0.339 e. The minimum absolute atomic E-state index is 0.135. The lowest BCUT2D eigenvalue weighted by molar-refractivity contribution is 0.0770. The standard InChI is InChI=1S/C12H14ClNO2/c1-3-14(4-2)12(16)11-6-5-10(13)7-9(11)8-15/h5-8H,3-4H2,1-2H3. The van der Waals surface area contributed by atoms with E-state index in [-0.39, 0.29) is 5.91 Å². The number of hydrogen-bond donors (Lipinski definition) is 0. The van der Waals surface area contributed by atoms with E-state index in [0.717, 1.165) is 0 Å². The van der Waals surface area contributed by atoms with Crippen molar-refractivity contribution in [3.63, 3.8) is 0 Å². The lowest BCUT2D eigenvalue weighted by atomic mass is 10.1. The van der Waals surface area contributed by atoms with Crippen LogP contribution in [0.3, 0.4) is 0 Å². The predicted octanol–water partition coefficient (Wildman–Crippen LogP) is 2.63. The van der Waals surface area contributed by atoms with E-state index in [9.17, 15) is 9.59 Å². The molecule has 1 aromatic carbocycles. The van der Waals surface area contributed by atoms with Crippen molar-refractivity contribution in [3.05, 3.63) is 34.3 Å². The highest BCUT2D eigenvalue weighted by atomic mass is 35.5. The van der Waals surface area contributed by atoms with Gasteiger partial charge in [0.2, 0.25) is 0 Å². The number of halogens is 1. The van der Waals surface area contributed by atoms with Gasteiger partial charge >= 0.3 is 0 Å². The van der Waals surface area contributed by atoms with Crippen LogP contribution in [0.25, 0.3) is 0 Å². The molecule has 0 aliphatic carbocycles. The third kappa shape index (κ3) is 2.61. The highest BCUT2D eigenvalue weighted by molar-refractivity contribution is 6.31. The second-order valence-electron chi connectivity index (χ2n) is 3.33. The molecule has 1 rings (SSSR count). The average Bonchev–Trinajstić information content (AvgIpc) is 2.30. The van der Waals surface area contributed by atoms with Crippen molar-refractivity contribution in [2.24, 2.45) is 0 Å². The summed E-state index contributed by atoms with van der Waals surface area (Å²) in [5, 5.41) is 0.457. The topological polar surface area (TPSA) is 37.4 Å². The van der Waals surface area contributed by atoms with Crippen LogP contribution in [0.15, 0.2) is 18.2 Å². The summed E-state index contributed by atoms with van der Waals surface area (Å²) in [6, 6.07) is 4.71. The van der Waals surface area contributed by atoms with Crippen molar-refractivity contribution < 1.29 is 9.59 Å². The third-order valence-corrected chi connectivity index (χ3v) is 2.66. The lowest BCUT2D eigenvalue weighted by Gasteiger charge is -2.19. The molecule has 0 aliphatic heterocycles. The fraction of sp³-hybridized carbons (Fsp3) is 0.333. The smallest absolute Gasteiger partial charge is 0.254 e. The van der Waals surface area contributed by atoms with Gasteiger partial charge in [-0.05, 0) is 32.0 Å². The summed E-state index contributed by atoms with van der Waals surface area (Å²) in [7, 11) is 0. The summed E-state index contributed by atoms with van der Waals surface area (Å²) in [6.07, 6.45) is 0.655. The molecule has 1 amide bonds. The first kappa shape index (κ1) is 12.7. The molecule has 0 bridgehead atoms. The van der Waals surface area contributed by atoms with Gasteiger partial charge < -0.3 is 4.90 Å². The Morgan fingerprint density at radius 2 is 2.00 bits per heavy atom. The fourth-order valence-corrected chi connectivity index (χ4v) is 1.69. The van der Waals surface area contributed by atoms with Crippen LogP contribution in [-0.2, 0) is 0 Å². The van der Waals surface area contributed by atoms with Crippen molar-refractivity contribution >= 4 is 23.8 Å². The molecule has 0 aliphatic rings. The molecular weight excluding hydrogens is 226 g/mol. The average molecular weight is 240 g/mol. The van der Waals surface area contributed by atoms with Gasteiger partial charge in [-0.2, -0.15) is 0 Å². The van der Waals surface area contributed by atoms with Crippen LogP contribution < -0.4 is 0 Å². The number of benzene rings is 1. The Kier molecular flexibility index (Phi) is 4.50. The fourth-order valence-electron chi connectivity index (χ4n) is 1.51. The van der Waals surface area contributed by atoms with Gasteiger partial charge in [0.25, 0.3) is 5.91 Å². The zero-order valence-electron chi connectivity index (χ0n) is 9.37. The van der Waals surface area contributed by atoms with Gasteiger partial charge in [-0.25, -0.2) is 0 Å². The number of nitrogens with zero attached hydrogens (tertiary/aromatic N) is 1. The Hall–Kier alpha value is -1.35. The van der Waals surface area contributed by atoms with Crippen LogP contribution in [0.1, 0.15) is 34.6 Å². The maximum atomic E-state index is 12.0. The lowest BCUT2D eigenvalue weighted by Crippen LogP contribution is -2.31. The van der Waals surface area contributed by atoms with Crippen molar-refractivity contribution in [1.29, 1.82) is 0 Å². The van der Waals surface area contributed by atoms with Crippen molar-refractivity contribution in [2.75, 3.05) is 13.1 Å². The predicted molar refractivity (Wildman–Crippen MR) is 64.1 cm³/mol. The highest BCUT2D eigenvalue weighted by Gasteiger charge is 2.16. The van der Waals surface area contributed by atoms with Crippen LogP contribution in [-0.4, -0.2) is 30.2 Å². The molecule has 0 saturated carbocycles. The SMILES string of the molecule is CCN(CC)C(=O)c1ccc(Cl)cc1C=O. The first-order valence-corrected chi connectivity index (χ1v) is 5.55. The van der Waals surface area contributed by atoms with Gasteiger partial charge in [0, 0.05) is 23.7 Å². The molecule has 0 aromatic heterocycles. The Labute approximate surface area is 100 Å². The maximum absolute atomic E-state index is 12.0. The molecule has 1 aromatic rings. The molecule has 0 radical (unpaired) electrons. The van der Waals surface area contributed by atoms with Crippen molar-refractivity contribution in [1.82, 2.24) is 4.90 Å². The zero-order valence-corrected chi connectivity index (χ0v) is 10.1. The first-order chi connectivity index (χ1) is 7.63. The molecule has 0 atom stereocenters. The van der Waals surface area contributed by atoms with Crippen LogP contribution in [0.2, 0.25) is 5.02 Å². The second kappa shape index (κ2) is 5.66. The maximum Gasteiger partial charge on any atom is 0.254 e. The molecule has 0 fully saturated rings. The number of amides is 1. The number of carbonyl (C=O) groups excluding carboxylic acids is 2. The van der Waals surface area contributed by atoms with Gasteiger partial charge in [0.1, 0.15) is 0 Å². The first-order valence-electron chi connectivity index (χ1n) is 5.18. The van der Waals surface area contributed by atoms with Gasteiger partial charge in [0.15, 0.2) is 6.29 Å². The van der Waals surface area contributed by atoms with Crippen molar-refractivity contribution in [2.45, 2.75) is 13.8 Å². The van der Waals surface area contributed by atoms with Gasteiger partial charge in [-0.3, -0.25) is 9.59 Å².